The molecule has 0 radical (unpaired) electrons. The summed E-state index contributed by atoms with van der Waals surface area (Å²) in [4.78, 5) is 20.8. The molecule has 1 unspecified atom stereocenters. The van der Waals surface area contributed by atoms with Crippen LogP contribution in [-0.2, 0) is 14.0 Å². The van der Waals surface area contributed by atoms with Crippen LogP contribution in [0.1, 0.15) is 33.3 Å². The van der Waals surface area contributed by atoms with Crippen molar-refractivity contribution < 1.29 is 28.2 Å². The predicted octanol–water partition coefficient (Wildman–Crippen LogP) is 5.08. The summed E-state index contributed by atoms with van der Waals surface area (Å²) in [5.74, 6) is -1.56. The van der Waals surface area contributed by atoms with Gasteiger partial charge in [-0.1, -0.05) is 87.5 Å². The molecule has 0 saturated heterocycles. The third kappa shape index (κ3) is 6.37. The van der Waals surface area contributed by atoms with Crippen molar-refractivity contribution in [2.75, 3.05) is 13.2 Å². The topological polar surface area (TPSA) is 109 Å². The van der Waals surface area contributed by atoms with Crippen LogP contribution in [-0.4, -0.2) is 64.6 Å². The first-order chi connectivity index (χ1) is 21.5. The van der Waals surface area contributed by atoms with Gasteiger partial charge in [0.15, 0.2) is 5.65 Å². The summed E-state index contributed by atoms with van der Waals surface area (Å²) in [6.45, 7) is 10.3. The van der Waals surface area contributed by atoms with Crippen molar-refractivity contribution in [3.05, 3.63) is 103 Å². The zero-order valence-electron chi connectivity index (χ0n) is 26.0. The van der Waals surface area contributed by atoms with Crippen molar-refractivity contribution >= 4 is 35.7 Å². The number of aliphatic carboxylic acids is 1. The van der Waals surface area contributed by atoms with Gasteiger partial charge >= 0.3 is 5.97 Å². The molecule has 0 aliphatic carbocycles. The van der Waals surface area contributed by atoms with Gasteiger partial charge in [0.2, 0.25) is 12.0 Å². The Morgan fingerprint density at radius 3 is 2.20 bits per heavy atom. The Hall–Kier alpha value is -4.45. The molecule has 0 aliphatic rings. The highest BCUT2D eigenvalue weighted by molar-refractivity contribution is 6.99. The highest BCUT2D eigenvalue weighted by Crippen LogP contribution is 2.36. The summed E-state index contributed by atoms with van der Waals surface area (Å²) in [5.41, 5.74) is 1.25. The second-order valence-electron chi connectivity index (χ2n) is 11.8. The number of benzene rings is 3. The van der Waals surface area contributed by atoms with Crippen molar-refractivity contribution in [3.8, 4) is 11.6 Å². The molecule has 3 aromatic carbocycles. The number of hydrogen-bond acceptors (Lipinski definition) is 7. The van der Waals surface area contributed by atoms with Gasteiger partial charge in [0, 0.05) is 5.56 Å². The monoisotopic (exact) mass is 628 g/mol. The van der Waals surface area contributed by atoms with Crippen molar-refractivity contribution in [2.45, 2.75) is 51.9 Å². The molecule has 0 spiro atoms. The van der Waals surface area contributed by atoms with Gasteiger partial charge in [-0.25, -0.2) is 23.8 Å². The first kappa shape index (κ1) is 32.0. The summed E-state index contributed by atoms with van der Waals surface area (Å²) < 4.78 is 34.5. The third-order valence-electron chi connectivity index (χ3n) is 7.90. The number of nitrogens with zero attached hydrogens (tertiary/aromatic N) is 4. The van der Waals surface area contributed by atoms with E-state index in [2.05, 4.69) is 60.1 Å². The van der Waals surface area contributed by atoms with Crippen LogP contribution in [0, 0.1) is 12.7 Å². The summed E-state index contributed by atoms with van der Waals surface area (Å²) in [6, 6.07) is 25.2. The second kappa shape index (κ2) is 13.3. The molecular formula is C34H37FN4O5Si. The fourth-order valence-corrected chi connectivity index (χ4v) is 10.2. The van der Waals surface area contributed by atoms with E-state index in [-0.39, 0.29) is 29.9 Å². The van der Waals surface area contributed by atoms with E-state index < -0.39 is 26.5 Å². The van der Waals surface area contributed by atoms with Crippen LogP contribution in [0.15, 0.2) is 91.4 Å². The van der Waals surface area contributed by atoms with E-state index in [4.69, 9.17) is 13.9 Å². The number of carbonyl (C=O) groups is 1. The Morgan fingerprint density at radius 2 is 1.60 bits per heavy atom. The van der Waals surface area contributed by atoms with E-state index in [1.807, 2.05) is 36.4 Å². The number of carboxylic acids is 1. The van der Waals surface area contributed by atoms with E-state index in [9.17, 15) is 14.3 Å². The molecule has 0 bridgehead atoms. The lowest BCUT2D eigenvalue weighted by Crippen LogP contribution is -2.66. The van der Waals surface area contributed by atoms with E-state index >= 15 is 0 Å². The highest BCUT2D eigenvalue weighted by Gasteiger charge is 2.50. The molecule has 0 fully saturated rings. The fraction of sp³-hybridized carbons (Fsp3) is 0.294. The van der Waals surface area contributed by atoms with Gasteiger partial charge < -0.3 is 19.0 Å². The molecule has 2 heterocycles. The number of carboxylic acid groups (broad SMARTS) is 1. The fourth-order valence-electron chi connectivity index (χ4n) is 5.66. The Morgan fingerprint density at radius 1 is 0.956 bits per heavy atom. The van der Waals surface area contributed by atoms with E-state index in [1.54, 1.807) is 26.0 Å². The molecule has 2 aromatic heterocycles. The minimum Gasteiger partial charge on any atom is -0.478 e. The van der Waals surface area contributed by atoms with Crippen LogP contribution in [0.4, 0.5) is 4.39 Å². The van der Waals surface area contributed by atoms with E-state index in [1.165, 1.54) is 23.3 Å². The summed E-state index contributed by atoms with van der Waals surface area (Å²) in [7, 11) is -2.77. The van der Waals surface area contributed by atoms with Crippen LogP contribution in [0.2, 0.25) is 5.04 Å². The van der Waals surface area contributed by atoms with Crippen LogP contribution in [0.25, 0.3) is 16.7 Å². The molecule has 11 heteroatoms. The van der Waals surface area contributed by atoms with E-state index in [0.29, 0.717) is 22.3 Å². The zero-order valence-corrected chi connectivity index (χ0v) is 27.0. The lowest BCUT2D eigenvalue weighted by Gasteiger charge is -2.43. The Bertz CT molecular complexity index is 1720. The van der Waals surface area contributed by atoms with Crippen LogP contribution >= 0.6 is 0 Å². The summed E-state index contributed by atoms with van der Waals surface area (Å²) in [5, 5.41) is 16.9. The number of rotatable bonds is 12. The number of aromatic nitrogens is 4. The largest absolute Gasteiger partial charge is 0.478 e. The maximum Gasteiger partial charge on any atom is 0.347 e. The lowest BCUT2D eigenvalue weighted by atomic mass is 10.2. The molecule has 0 aliphatic heterocycles. The average molecular weight is 629 g/mol. The molecule has 234 valence electrons. The molecule has 2 atom stereocenters. The van der Waals surface area contributed by atoms with Gasteiger partial charge in [0.05, 0.1) is 25.1 Å². The lowest BCUT2D eigenvalue weighted by molar-refractivity contribution is -0.152. The van der Waals surface area contributed by atoms with Crippen LogP contribution < -0.4 is 15.1 Å². The van der Waals surface area contributed by atoms with Crippen molar-refractivity contribution in [3.63, 3.8) is 0 Å². The first-order valence-corrected chi connectivity index (χ1v) is 16.7. The number of hydrogen-bond donors (Lipinski definition) is 1. The zero-order chi connectivity index (χ0) is 32.2. The maximum atomic E-state index is 14.2. The normalized spacial score (nSPS) is 13.5. The van der Waals surface area contributed by atoms with Gasteiger partial charge in [-0.05, 0) is 41.4 Å². The minimum atomic E-state index is -2.77. The Labute approximate surface area is 262 Å². The number of halogens is 1. The smallest absolute Gasteiger partial charge is 0.347 e. The molecule has 0 saturated carbocycles. The Kier molecular flexibility index (Phi) is 9.42. The van der Waals surface area contributed by atoms with Gasteiger partial charge in [0.1, 0.15) is 23.6 Å². The van der Waals surface area contributed by atoms with Gasteiger partial charge in [-0.15, -0.1) is 0 Å². The second-order valence-corrected chi connectivity index (χ2v) is 16.1. The number of ether oxygens (including phenoxy) is 2. The minimum absolute atomic E-state index is 0.0340. The predicted molar refractivity (Wildman–Crippen MR) is 172 cm³/mol. The van der Waals surface area contributed by atoms with Gasteiger partial charge in [-0.2, -0.15) is 5.10 Å². The summed E-state index contributed by atoms with van der Waals surface area (Å²) in [6.07, 6.45) is 0.495. The number of fused-ring (bicyclic) bond motifs is 1. The third-order valence-corrected chi connectivity index (χ3v) is 12.9. The van der Waals surface area contributed by atoms with Crippen LogP contribution in [0.3, 0.4) is 0 Å². The molecule has 5 rings (SSSR count). The van der Waals surface area contributed by atoms with Crippen molar-refractivity contribution in [1.29, 1.82) is 0 Å². The standard InChI is InChI=1S/C34H37FN4O5Si/c1-23-28(35)17-12-18-29(23)39-31-27(21-38-39)32(37-22-36-31)44-30(33(40)41)24(2)42-19-20-43-45(34(3,4)5,25-13-8-6-9-14-25)26-15-10-7-11-16-26/h6-18,21-22,24,30H,19-20H2,1-5H3,(H,40,41)/t24?,30-/m0/s1. The highest BCUT2D eigenvalue weighted by atomic mass is 28.4. The molecule has 0 amide bonds. The van der Waals surface area contributed by atoms with Gasteiger partial charge in [-0.3, -0.25) is 0 Å². The van der Waals surface area contributed by atoms with E-state index in [0.717, 1.165) is 10.4 Å². The molecule has 45 heavy (non-hydrogen) atoms. The maximum absolute atomic E-state index is 14.2. The molecular weight excluding hydrogens is 591 g/mol. The summed E-state index contributed by atoms with van der Waals surface area (Å²) >= 11 is 0. The quantitative estimate of drug-likeness (QED) is 0.151. The molecule has 9 nitrogen and oxygen atoms in total. The average Bonchev–Trinajstić information content (AvgIpc) is 3.46. The first-order valence-electron chi connectivity index (χ1n) is 14.7. The van der Waals surface area contributed by atoms with Crippen molar-refractivity contribution in [1.82, 2.24) is 19.7 Å². The SMILES string of the molecule is Cc1c(F)cccc1-n1ncc2c(O[C@H](C(=O)O)C(C)OCCO[Si](c3ccccc3)(c3ccccc3)C(C)(C)C)ncnc21. The van der Waals surface area contributed by atoms with Gasteiger partial charge in [0.25, 0.3) is 8.32 Å². The van der Waals surface area contributed by atoms with Crippen molar-refractivity contribution in [2.24, 2.45) is 0 Å². The molecule has 5 aromatic rings. The molecule has 1 N–H and O–H groups in total. The van der Waals surface area contributed by atoms with Crippen LogP contribution in [0.5, 0.6) is 5.88 Å². The Balaban J connectivity index is 1.33.